The van der Waals surface area contributed by atoms with Crippen molar-refractivity contribution in [3.8, 4) is 11.1 Å². The normalized spacial score (nSPS) is 10.5. The summed E-state index contributed by atoms with van der Waals surface area (Å²) in [6, 6.07) is 6.46. The number of anilines is 1. The largest absolute Gasteiger partial charge is 0.397 e. The summed E-state index contributed by atoms with van der Waals surface area (Å²) < 4.78 is 15.0. The third-order valence-corrected chi connectivity index (χ3v) is 2.41. The van der Waals surface area contributed by atoms with Gasteiger partial charge in [-0.1, -0.05) is 12.1 Å². The fourth-order valence-electron chi connectivity index (χ4n) is 1.61. The van der Waals surface area contributed by atoms with Gasteiger partial charge in [-0.05, 0) is 24.6 Å². The minimum atomic E-state index is -0.240. The first kappa shape index (κ1) is 9.77. The van der Waals surface area contributed by atoms with Crippen LogP contribution in [-0.4, -0.2) is 4.57 Å². The van der Waals surface area contributed by atoms with E-state index in [9.17, 15) is 4.39 Å². The highest BCUT2D eigenvalue weighted by molar-refractivity contribution is 5.75. The lowest BCUT2D eigenvalue weighted by Gasteiger charge is -1.99. The van der Waals surface area contributed by atoms with E-state index >= 15 is 0 Å². The fourth-order valence-corrected chi connectivity index (χ4v) is 1.61. The van der Waals surface area contributed by atoms with E-state index in [1.807, 2.05) is 30.0 Å². The van der Waals surface area contributed by atoms with Gasteiger partial charge in [-0.15, -0.1) is 0 Å². The molecule has 0 radical (unpaired) electrons. The van der Waals surface area contributed by atoms with E-state index in [4.69, 9.17) is 5.73 Å². The van der Waals surface area contributed by atoms with Gasteiger partial charge in [-0.3, -0.25) is 0 Å². The molecule has 0 aliphatic carbocycles. The van der Waals surface area contributed by atoms with E-state index in [2.05, 4.69) is 0 Å². The molecule has 2 rings (SSSR count). The summed E-state index contributed by atoms with van der Waals surface area (Å²) in [6.07, 6.45) is 3.80. The second-order valence-corrected chi connectivity index (χ2v) is 3.47. The van der Waals surface area contributed by atoms with Crippen LogP contribution < -0.4 is 5.73 Å². The predicted molar refractivity (Wildman–Crippen MR) is 59.9 cm³/mol. The molecule has 15 heavy (non-hydrogen) atoms. The monoisotopic (exact) mass is 204 g/mol. The Hall–Kier alpha value is -1.77. The number of benzene rings is 1. The highest BCUT2D eigenvalue weighted by Crippen LogP contribution is 2.27. The Morgan fingerprint density at radius 3 is 2.73 bits per heavy atom. The molecule has 0 bridgehead atoms. The molecular weight excluding hydrogens is 191 g/mol. The summed E-state index contributed by atoms with van der Waals surface area (Å²) in [7, 11) is 0. The Balaban J connectivity index is 2.48. The Morgan fingerprint density at radius 2 is 2.13 bits per heavy atom. The van der Waals surface area contributed by atoms with Crippen molar-refractivity contribution >= 4 is 5.69 Å². The van der Waals surface area contributed by atoms with Crippen LogP contribution in [0.2, 0.25) is 0 Å². The highest BCUT2D eigenvalue weighted by atomic mass is 19.1. The molecule has 3 heteroatoms. The van der Waals surface area contributed by atoms with Gasteiger partial charge in [0.25, 0.3) is 0 Å². The van der Waals surface area contributed by atoms with Crippen molar-refractivity contribution in [1.29, 1.82) is 0 Å². The van der Waals surface area contributed by atoms with Crippen molar-refractivity contribution in [3.63, 3.8) is 0 Å². The van der Waals surface area contributed by atoms with Gasteiger partial charge in [0.05, 0.1) is 5.69 Å². The van der Waals surface area contributed by atoms with Crippen LogP contribution >= 0.6 is 0 Å². The summed E-state index contributed by atoms with van der Waals surface area (Å²) in [5.74, 6) is -0.240. The van der Waals surface area contributed by atoms with Crippen molar-refractivity contribution in [2.45, 2.75) is 13.5 Å². The van der Waals surface area contributed by atoms with Gasteiger partial charge in [-0.25, -0.2) is 4.39 Å². The molecule has 1 heterocycles. The molecule has 0 aliphatic heterocycles. The average molecular weight is 204 g/mol. The maximum atomic E-state index is 13.0. The molecule has 0 unspecified atom stereocenters. The molecule has 0 saturated heterocycles. The van der Waals surface area contributed by atoms with Crippen molar-refractivity contribution < 1.29 is 4.39 Å². The number of hydrogen-bond acceptors (Lipinski definition) is 1. The predicted octanol–water partition coefficient (Wildman–Crippen LogP) is 2.90. The molecule has 0 amide bonds. The van der Waals surface area contributed by atoms with Crippen LogP contribution in [0.4, 0.5) is 10.1 Å². The Kier molecular flexibility index (Phi) is 2.46. The molecule has 2 nitrogen and oxygen atoms in total. The number of aromatic nitrogens is 1. The lowest BCUT2D eigenvalue weighted by Crippen LogP contribution is -1.87. The smallest absolute Gasteiger partial charge is 0.123 e. The molecule has 1 aromatic carbocycles. The number of aryl methyl sites for hydroxylation is 1. The van der Waals surface area contributed by atoms with Crippen molar-refractivity contribution in [3.05, 3.63) is 42.5 Å². The minimum absolute atomic E-state index is 0.240. The number of rotatable bonds is 2. The molecule has 0 atom stereocenters. The van der Waals surface area contributed by atoms with Gasteiger partial charge < -0.3 is 10.3 Å². The first-order chi connectivity index (χ1) is 7.20. The van der Waals surface area contributed by atoms with Crippen molar-refractivity contribution in [2.75, 3.05) is 5.73 Å². The van der Waals surface area contributed by atoms with Crippen LogP contribution in [0, 0.1) is 5.82 Å². The number of nitrogens with zero attached hydrogens (tertiary/aromatic N) is 1. The molecule has 1 aromatic heterocycles. The summed E-state index contributed by atoms with van der Waals surface area (Å²) in [5, 5.41) is 0. The SMILES string of the molecule is CCn1cc(N)c(-c2cccc(F)c2)c1. The summed E-state index contributed by atoms with van der Waals surface area (Å²) >= 11 is 0. The second-order valence-electron chi connectivity index (χ2n) is 3.47. The van der Waals surface area contributed by atoms with Crippen LogP contribution in [0.1, 0.15) is 6.92 Å². The minimum Gasteiger partial charge on any atom is -0.397 e. The molecule has 2 aromatic rings. The van der Waals surface area contributed by atoms with Crippen LogP contribution in [0.5, 0.6) is 0 Å². The average Bonchev–Trinajstić information content (AvgIpc) is 2.60. The zero-order chi connectivity index (χ0) is 10.8. The second kappa shape index (κ2) is 3.77. The molecule has 0 saturated carbocycles. The number of hydrogen-bond donors (Lipinski definition) is 1. The van der Waals surface area contributed by atoms with E-state index in [0.717, 1.165) is 17.7 Å². The van der Waals surface area contributed by atoms with Gasteiger partial charge in [0, 0.05) is 24.5 Å². The van der Waals surface area contributed by atoms with E-state index in [1.165, 1.54) is 12.1 Å². The van der Waals surface area contributed by atoms with Crippen molar-refractivity contribution in [1.82, 2.24) is 4.57 Å². The molecule has 78 valence electrons. The maximum Gasteiger partial charge on any atom is 0.123 e. The molecule has 0 aliphatic rings. The Bertz CT molecular complexity index is 474. The van der Waals surface area contributed by atoms with Crippen LogP contribution in [-0.2, 0) is 6.54 Å². The van der Waals surface area contributed by atoms with Gasteiger partial charge in [0.2, 0.25) is 0 Å². The summed E-state index contributed by atoms with van der Waals surface area (Å²) in [5.41, 5.74) is 8.24. The highest BCUT2D eigenvalue weighted by Gasteiger charge is 2.06. The van der Waals surface area contributed by atoms with E-state index in [-0.39, 0.29) is 5.82 Å². The van der Waals surface area contributed by atoms with Crippen LogP contribution in [0.25, 0.3) is 11.1 Å². The van der Waals surface area contributed by atoms with Gasteiger partial charge in [0.15, 0.2) is 0 Å². The standard InChI is InChI=1S/C12H13FN2/c1-2-15-7-11(12(14)8-15)9-4-3-5-10(13)6-9/h3-8H,2,14H2,1H3. The van der Waals surface area contributed by atoms with Gasteiger partial charge >= 0.3 is 0 Å². The van der Waals surface area contributed by atoms with Crippen LogP contribution in [0.3, 0.4) is 0 Å². The zero-order valence-electron chi connectivity index (χ0n) is 8.57. The lowest BCUT2D eigenvalue weighted by atomic mass is 10.1. The number of halogens is 1. The van der Waals surface area contributed by atoms with E-state index in [0.29, 0.717) is 5.69 Å². The molecule has 0 spiro atoms. The summed E-state index contributed by atoms with van der Waals surface area (Å²) in [6.45, 7) is 2.90. The van der Waals surface area contributed by atoms with E-state index < -0.39 is 0 Å². The summed E-state index contributed by atoms with van der Waals surface area (Å²) in [4.78, 5) is 0. The van der Waals surface area contributed by atoms with Gasteiger partial charge in [-0.2, -0.15) is 0 Å². The fraction of sp³-hybridized carbons (Fsp3) is 0.167. The molecule has 0 fully saturated rings. The number of nitrogen functional groups attached to an aromatic ring is 1. The third kappa shape index (κ3) is 1.86. The number of nitrogens with two attached hydrogens (primary N) is 1. The Labute approximate surface area is 88.1 Å². The van der Waals surface area contributed by atoms with E-state index in [1.54, 1.807) is 6.07 Å². The van der Waals surface area contributed by atoms with Crippen LogP contribution in [0.15, 0.2) is 36.7 Å². The molecular formula is C12H13FN2. The first-order valence-electron chi connectivity index (χ1n) is 4.92. The zero-order valence-corrected chi connectivity index (χ0v) is 8.57. The quantitative estimate of drug-likeness (QED) is 0.801. The van der Waals surface area contributed by atoms with Gasteiger partial charge in [0.1, 0.15) is 5.82 Å². The maximum absolute atomic E-state index is 13.0. The topological polar surface area (TPSA) is 30.9 Å². The van der Waals surface area contributed by atoms with Crippen molar-refractivity contribution in [2.24, 2.45) is 0 Å². The first-order valence-corrected chi connectivity index (χ1v) is 4.92. The lowest BCUT2D eigenvalue weighted by molar-refractivity contribution is 0.628. The third-order valence-electron chi connectivity index (χ3n) is 2.41. The Morgan fingerprint density at radius 1 is 1.33 bits per heavy atom. The molecule has 2 N–H and O–H groups in total.